The van der Waals surface area contributed by atoms with Gasteiger partial charge in [-0.25, -0.2) is 0 Å². The van der Waals surface area contributed by atoms with Crippen LogP contribution in [0.2, 0.25) is 0 Å². The van der Waals surface area contributed by atoms with Gasteiger partial charge in [0.25, 0.3) is 5.91 Å². The number of nitrogens with zero attached hydrogens (tertiary/aromatic N) is 1. The molecule has 2 aromatic carbocycles. The van der Waals surface area contributed by atoms with E-state index in [-0.39, 0.29) is 12.3 Å². The van der Waals surface area contributed by atoms with Crippen LogP contribution in [0.4, 0.5) is 5.69 Å². The number of carbonyl (C=O) groups excluding carboxylic acids is 1. The summed E-state index contributed by atoms with van der Waals surface area (Å²) >= 11 is 9.98. The molecule has 7 heteroatoms. The summed E-state index contributed by atoms with van der Waals surface area (Å²) in [5.74, 6) is -1.07. The Kier molecular flexibility index (Phi) is 5.36. The summed E-state index contributed by atoms with van der Waals surface area (Å²) in [7, 11) is 0. The van der Waals surface area contributed by atoms with E-state index < -0.39 is 5.97 Å². The van der Waals surface area contributed by atoms with Crippen molar-refractivity contribution in [2.24, 2.45) is 0 Å². The Hall–Kier alpha value is -1.96. The number of aliphatic carboxylic acids is 1. The molecule has 4 nitrogen and oxygen atoms in total. The van der Waals surface area contributed by atoms with Crippen molar-refractivity contribution >= 4 is 67.9 Å². The third-order valence-corrected chi connectivity index (χ3v) is 5.34. The van der Waals surface area contributed by atoms with Crippen molar-refractivity contribution in [1.82, 2.24) is 0 Å². The molecule has 2 aromatic rings. The zero-order chi connectivity index (χ0) is 18.0. The molecule has 0 unspecified atom stereocenters. The van der Waals surface area contributed by atoms with Gasteiger partial charge >= 0.3 is 5.97 Å². The summed E-state index contributed by atoms with van der Waals surface area (Å²) in [6, 6.07) is 14.5. The lowest BCUT2D eigenvalue weighted by atomic mass is 10.1. The van der Waals surface area contributed by atoms with Crippen molar-refractivity contribution in [1.29, 1.82) is 0 Å². The van der Waals surface area contributed by atoms with Gasteiger partial charge in [-0.3, -0.25) is 14.5 Å². The highest BCUT2D eigenvalue weighted by atomic mass is 79.9. The predicted molar refractivity (Wildman–Crippen MR) is 108 cm³/mol. The average Bonchev–Trinajstić information content (AvgIpc) is 2.84. The minimum Gasteiger partial charge on any atom is -0.481 e. The molecule has 1 saturated heterocycles. The van der Waals surface area contributed by atoms with Gasteiger partial charge in [-0.2, -0.15) is 0 Å². The summed E-state index contributed by atoms with van der Waals surface area (Å²) in [4.78, 5) is 25.5. The van der Waals surface area contributed by atoms with Crippen LogP contribution in [-0.4, -0.2) is 21.3 Å². The Balaban J connectivity index is 1.83. The molecule has 126 valence electrons. The number of amides is 1. The minimum absolute atomic E-state index is 0.0534. The van der Waals surface area contributed by atoms with E-state index in [1.807, 2.05) is 30.3 Å². The van der Waals surface area contributed by atoms with E-state index in [2.05, 4.69) is 15.9 Å². The van der Waals surface area contributed by atoms with E-state index in [0.717, 1.165) is 10.0 Å². The lowest BCUT2D eigenvalue weighted by Gasteiger charge is -2.14. The van der Waals surface area contributed by atoms with Gasteiger partial charge < -0.3 is 5.11 Å². The van der Waals surface area contributed by atoms with E-state index >= 15 is 0 Å². The molecule has 0 aromatic heterocycles. The Morgan fingerprint density at radius 3 is 2.40 bits per heavy atom. The molecule has 0 atom stereocenters. The largest absolute Gasteiger partial charge is 0.481 e. The predicted octanol–water partition coefficient (Wildman–Crippen LogP) is 4.48. The molecule has 1 heterocycles. The third kappa shape index (κ3) is 4.18. The number of carboxylic acid groups (broad SMARTS) is 1. The molecule has 0 radical (unpaired) electrons. The molecule has 0 aliphatic carbocycles. The molecule has 1 N–H and O–H groups in total. The number of benzene rings is 2. The van der Waals surface area contributed by atoms with Crippen molar-refractivity contribution < 1.29 is 14.7 Å². The van der Waals surface area contributed by atoms with Crippen LogP contribution in [0.15, 0.2) is 57.9 Å². The van der Waals surface area contributed by atoms with Crippen molar-refractivity contribution in [2.75, 3.05) is 4.90 Å². The number of anilines is 1. The Morgan fingerprint density at radius 2 is 1.80 bits per heavy atom. The van der Waals surface area contributed by atoms with E-state index in [4.69, 9.17) is 17.3 Å². The van der Waals surface area contributed by atoms with Crippen molar-refractivity contribution in [2.45, 2.75) is 6.42 Å². The second kappa shape index (κ2) is 7.51. The molecular weight excluding hydrogens is 422 g/mol. The van der Waals surface area contributed by atoms with Crippen LogP contribution < -0.4 is 4.90 Å². The highest BCUT2D eigenvalue weighted by molar-refractivity contribution is 9.10. The van der Waals surface area contributed by atoms with Crippen LogP contribution in [0.25, 0.3) is 6.08 Å². The van der Waals surface area contributed by atoms with Crippen LogP contribution in [0.5, 0.6) is 0 Å². The molecular formula is C18H12BrNO3S2. The third-order valence-electron chi connectivity index (χ3n) is 3.51. The zero-order valence-electron chi connectivity index (χ0n) is 12.8. The van der Waals surface area contributed by atoms with E-state index in [1.54, 1.807) is 24.3 Å². The Bertz CT molecular complexity index is 876. The van der Waals surface area contributed by atoms with Crippen LogP contribution in [-0.2, 0) is 16.0 Å². The first-order chi connectivity index (χ1) is 11.9. The minimum atomic E-state index is -0.893. The van der Waals surface area contributed by atoms with Crippen molar-refractivity contribution in [3.63, 3.8) is 0 Å². The molecule has 1 fully saturated rings. The standard InChI is InChI=1S/C18H12BrNO3S2/c19-13-5-1-11(2-6-13)9-15-17(23)20(18(24)25-15)14-7-3-12(4-8-14)10-16(21)22/h1-9H,10H2,(H,21,22)/b15-9-. The first-order valence-electron chi connectivity index (χ1n) is 7.28. The quantitative estimate of drug-likeness (QED) is 0.568. The highest BCUT2D eigenvalue weighted by Crippen LogP contribution is 2.36. The normalized spacial score (nSPS) is 15.9. The number of thioether (sulfide) groups is 1. The van der Waals surface area contributed by atoms with E-state index in [9.17, 15) is 9.59 Å². The van der Waals surface area contributed by atoms with Gasteiger partial charge in [-0.15, -0.1) is 0 Å². The number of halogens is 1. The lowest BCUT2D eigenvalue weighted by Crippen LogP contribution is -2.27. The van der Waals surface area contributed by atoms with E-state index in [0.29, 0.717) is 20.5 Å². The fraction of sp³-hybridized carbons (Fsp3) is 0.0556. The number of hydrogen-bond donors (Lipinski definition) is 1. The first kappa shape index (κ1) is 17.8. The molecule has 1 amide bonds. The van der Waals surface area contributed by atoms with Crippen molar-refractivity contribution in [3.05, 3.63) is 69.0 Å². The number of thiocarbonyl (C=S) groups is 1. The zero-order valence-corrected chi connectivity index (χ0v) is 16.0. The van der Waals surface area contributed by atoms with Crippen molar-refractivity contribution in [3.8, 4) is 0 Å². The monoisotopic (exact) mass is 433 g/mol. The number of carboxylic acids is 1. The maximum Gasteiger partial charge on any atom is 0.307 e. The maximum atomic E-state index is 12.7. The SMILES string of the molecule is O=C(O)Cc1ccc(N2C(=O)/C(=C/c3ccc(Br)cc3)SC2=S)cc1. The molecule has 3 rings (SSSR count). The fourth-order valence-electron chi connectivity index (χ4n) is 2.34. The number of carbonyl (C=O) groups is 2. The van der Waals surface area contributed by atoms with Gasteiger partial charge in [0.2, 0.25) is 0 Å². The number of rotatable bonds is 4. The van der Waals surface area contributed by atoms with Gasteiger partial charge in [-0.05, 0) is 41.5 Å². The lowest BCUT2D eigenvalue weighted by molar-refractivity contribution is -0.136. The maximum absolute atomic E-state index is 12.7. The molecule has 1 aliphatic heterocycles. The van der Waals surface area contributed by atoms with Gasteiger partial charge in [0, 0.05) is 4.47 Å². The summed E-state index contributed by atoms with van der Waals surface area (Å²) in [5.41, 5.74) is 2.23. The second-order valence-electron chi connectivity index (χ2n) is 5.31. The Morgan fingerprint density at radius 1 is 1.16 bits per heavy atom. The highest BCUT2D eigenvalue weighted by Gasteiger charge is 2.33. The molecule has 0 bridgehead atoms. The summed E-state index contributed by atoms with van der Waals surface area (Å²) in [5, 5.41) is 8.82. The number of hydrogen-bond acceptors (Lipinski definition) is 4. The Labute approximate surface area is 162 Å². The van der Waals surface area contributed by atoms with Crippen LogP contribution >= 0.6 is 39.9 Å². The van der Waals surface area contributed by atoms with Gasteiger partial charge in [0.1, 0.15) is 0 Å². The average molecular weight is 434 g/mol. The van der Waals surface area contributed by atoms with Crippen LogP contribution in [0.3, 0.4) is 0 Å². The van der Waals surface area contributed by atoms with E-state index in [1.165, 1.54) is 16.7 Å². The molecule has 25 heavy (non-hydrogen) atoms. The fourth-order valence-corrected chi connectivity index (χ4v) is 3.90. The molecule has 1 aliphatic rings. The molecule has 0 saturated carbocycles. The smallest absolute Gasteiger partial charge is 0.307 e. The second-order valence-corrected chi connectivity index (χ2v) is 7.90. The topological polar surface area (TPSA) is 57.6 Å². The van der Waals surface area contributed by atoms with Crippen LogP contribution in [0.1, 0.15) is 11.1 Å². The van der Waals surface area contributed by atoms with Gasteiger partial charge in [0.15, 0.2) is 4.32 Å². The van der Waals surface area contributed by atoms with Crippen LogP contribution in [0, 0.1) is 0 Å². The van der Waals surface area contributed by atoms with Gasteiger partial charge in [0.05, 0.1) is 17.0 Å². The first-order valence-corrected chi connectivity index (χ1v) is 9.30. The van der Waals surface area contributed by atoms with Gasteiger partial charge in [-0.1, -0.05) is 64.2 Å². The summed E-state index contributed by atoms with van der Waals surface area (Å²) in [6.45, 7) is 0. The summed E-state index contributed by atoms with van der Waals surface area (Å²) in [6.07, 6.45) is 1.76. The molecule has 0 spiro atoms. The summed E-state index contributed by atoms with van der Waals surface area (Å²) < 4.78 is 1.43.